The Morgan fingerprint density at radius 1 is 0.974 bits per heavy atom. The van der Waals surface area contributed by atoms with Gasteiger partial charge in [0.25, 0.3) is 5.91 Å². The fourth-order valence-corrected chi connectivity index (χ4v) is 6.16. The number of hydrogen-bond donors (Lipinski definition) is 0. The number of carbonyl (C=O) groups excluding carboxylic acids is 2. The zero-order chi connectivity index (χ0) is 27.4. The third-order valence-corrected chi connectivity index (χ3v) is 9.07. The predicted molar refractivity (Wildman–Crippen MR) is 155 cm³/mol. The summed E-state index contributed by atoms with van der Waals surface area (Å²) in [6.45, 7) is 7.35. The van der Waals surface area contributed by atoms with E-state index in [2.05, 4.69) is 9.80 Å². The summed E-state index contributed by atoms with van der Waals surface area (Å²) < 4.78 is 6.04. The molecule has 1 saturated heterocycles. The Morgan fingerprint density at radius 2 is 1.74 bits per heavy atom. The van der Waals surface area contributed by atoms with Crippen molar-refractivity contribution < 1.29 is 19.2 Å². The molecule has 3 aliphatic rings. The number of piperazine rings is 1. The second-order valence-electron chi connectivity index (χ2n) is 11.1. The van der Waals surface area contributed by atoms with Crippen LogP contribution in [0.2, 0.25) is 10.0 Å². The van der Waals surface area contributed by atoms with Crippen molar-refractivity contribution >= 4 is 46.5 Å². The normalized spacial score (nSPS) is 19.2. The number of hydroxylamine groups is 1. The van der Waals surface area contributed by atoms with Gasteiger partial charge < -0.3 is 14.5 Å². The Hall–Kier alpha value is -2.48. The van der Waals surface area contributed by atoms with Gasteiger partial charge in [0, 0.05) is 38.7 Å². The number of unbranched alkanes of at least 4 members (excludes halogenated alkanes) is 1. The molecule has 39 heavy (non-hydrogen) atoms. The van der Waals surface area contributed by atoms with E-state index in [1.165, 1.54) is 5.06 Å². The highest BCUT2D eigenvalue weighted by atomic mass is 35.5. The Bertz CT molecular complexity index is 1190. The zero-order valence-corrected chi connectivity index (χ0v) is 24.1. The number of anilines is 2. The standard InChI is InChI=1S/C30H37Cl2N3O4/c1-30(13-2-3-14-30)29(37)39-35-26-21-23(11-9-22(26)10-12-27(35)36)38-20-5-4-15-33-16-18-34(19-17-33)25-8-6-7-24(31)28(25)32/h6-9,11,21H,2-5,10,12-20H2,1H3. The summed E-state index contributed by atoms with van der Waals surface area (Å²) >= 11 is 12.6. The van der Waals surface area contributed by atoms with E-state index in [-0.39, 0.29) is 11.9 Å². The van der Waals surface area contributed by atoms with Crippen LogP contribution in [0.3, 0.4) is 0 Å². The maximum atomic E-state index is 12.9. The minimum absolute atomic E-state index is 0.188. The third-order valence-electron chi connectivity index (χ3n) is 8.27. The van der Waals surface area contributed by atoms with Crippen molar-refractivity contribution in [2.24, 2.45) is 5.41 Å². The number of hydrogen-bond acceptors (Lipinski definition) is 6. The molecular formula is C30H37Cl2N3O4. The van der Waals surface area contributed by atoms with E-state index in [4.69, 9.17) is 32.8 Å². The zero-order valence-electron chi connectivity index (χ0n) is 22.6. The van der Waals surface area contributed by atoms with Crippen molar-refractivity contribution in [2.45, 2.75) is 58.3 Å². The molecule has 210 valence electrons. The van der Waals surface area contributed by atoms with E-state index in [0.717, 1.165) is 82.5 Å². The summed E-state index contributed by atoms with van der Waals surface area (Å²) in [6, 6.07) is 11.5. The van der Waals surface area contributed by atoms with Gasteiger partial charge in [-0.1, -0.05) is 48.2 Å². The largest absolute Gasteiger partial charge is 0.494 e. The minimum atomic E-state index is -0.513. The molecule has 2 fully saturated rings. The molecule has 1 aliphatic carbocycles. The van der Waals surface area contributed by atoms with Gasteiger partial charge in [-0.05, 0) is 69.3 Å². The Labute approximate surface area is 240 Å². The molecule has 0 atom stereocenters. The molecule has 1 saturated carbocycles. The monoisotopic (exact) mass is 573 g/mol. The second-order valence-corrected chi connectivity index (χ2v) is 11.9. The first-order valence-corrected chi connectivity index (χ1v) is 14.8. The third kappa shape index (κ3) is 6.47. The number of halogens is 2. The minimum Gasteiger partial charge on any atom is -0.494 e. The maximum absolute atomic E-state index is 12.9. The van der Waals surface area contributed by atoms with Gasteiger partial charge in [-0.15, -0.1) is 5.06 Å². The molecule has 0 N–H and O–H groups in total. The SMILES string of the molecule is CC1(C(=O)ON2C(=O)CCc3ccc(OCCCCN4CCN(c5cccc(Cl)c5Cl)CC4)cc32)CCCC1. The molecule has 2 aliphatic heterocycles. The molecule has 1 amide bonds. The van der Waals surface area contributed by atoms with Crippen LogP contribution in [-0.4, -0.2) is 56.1 Å². The highest BCUT2D eigenvalue weighted by Gasteiger charge is 2.41. The Balaban J connectivity index is 1.08. The lowest BCUT2D eigenvalue weighted by Crippen LogP contribution is -2.46. The first-order valence-electron chi connectivity index (χ1n) is 14.1. The fourth-order valence-electron chi connectivity index (χ4n) is 5.74. The van der Waals surface area contributed by atoms with Gasteiger partial charge in [0.15, 0.2) is 0 Å². The lowest BCUT2D eigenvalue weighted by molar-refractivity contribution is -0.160. The summed E-state index contributed by atoms with van der Waals surface area (Å²) in [5.41, 5.74) is 2.10. The van der Waals surface area contributed by atoms with Gasteiger partial charge in [-0.3, -0.25) is 9.69 Å². The summed E-state index contributed by atoms with van der Waals surface area (Å²) in [5, 5.41) is 2.42. The molecule has 7 nitrogen and oxygen atoms in total. The number of aryl methyl sites for hydroxylation is 1. The van der Waals surface area contributed by atoms with Crippen LogP contribution in [-0.2, 0) is 20.8 Å². The maximum Gasteiger partial charge on any atom is 0.338 e. The van der Waals surface area contributed by atoms with Gasteiger partial charge >= 0.3 is 5.97 Å². The van der Waals surface area contributed by atoms with E-state index in [0.29, 0.717) is 40.9 Å². The topological polar surface area (TPSA) is 62.3 Å². The lowest BCUT2D eigenvalue weighted by Gasteiger charge is -2.36. The summed E-state index contributed by atoms with van der Waals surface area (Å²) in [6.07, 6.45) is 6.56. The second kappa shape index (κ2) is 12.4. The number of carbonyl (C=O) groups is 2. The van der Waals surface area contributed by atoms with Crippen LogP contribution >= 0.6 is 23.2 Å². The van der Waals surface area contributed by atoms with Crippen LogP contribution in [0.25, 0.3) is 0 Å². The van der Waals surface area contributed by atoms with Gasteiger partial charge in [-0.25, -0.2) is 4.79 Å². The highest BCUT2D eigenvalue weighted by Crippen LogP contribution is 2.40. The van der Waals surface area contributed by atoms with E-state index in [9.17, 15) is 9.59 Å². The molecule has 2 aromatic carbocycles. The number of rotatable bonds is 9. The van der Waals surface area contributed by atoms with E-state index in [1.54, 1.807) is 0 Å². The van der Waals surface area contributed by atoms with Crippen molar-refractivity contribution in [1.29, 1.82) is 0 Å². The van der Waals surface area contributed by atoms with Crippen LogP contribution in [0.1, 0.15) is 57.4 Å². The number of fused-ring (bicyclic) bond motifs is 1. The van der Waals surface area contributed by atoms with Crippen LogP contribution in [0.5, 0.6) is 5.75 Å². The van der Waals surface area contributed by atoms with Crippen molar-refractivity contribution in [3.05, 3.63) is 52.0 Å². The smallest absolute Gasteiger partial charge is 0.338 e. The molecule has 0 aromatic heterocycles. The molecule has 2 aromatic rings. The number of benzene rings is 2. The van der Waals surface area contributed by atoms with Crippen LogP contribution in [0.4, 0.5) is 11.4 Å². The summed E-state index contributed by atoms with van der Waals surface area (Å²) in [7, 11) is 0. The van der Waals surface area contributed by atoms with Crippen molar-refractivity contribution in [3.8, 4) is 5.75 Å². The lowest BCUT2D eigenvalue weighted by atomic mass is 9.89. The summed E-state index contributed by atoms with van der Waals surface area (Å²) in [5.74, 6) is 0.180. The first-order chi connectivity index (χ1) is 18.8. The molecule has 0 spiro atoms. The Morgan fingerprint density at radius 3 is 2.51 bits per heavy atom. The predicted octanol–water partition coefficient (Wildman–Crippen LogP) is 6.29. The van der Waals surface area contributed by atoms with E-state index < -0.39 is 5.41 Å². The van der Waals surface area contributed by atoms with Crippen molar-refractivity contribution in [2.75, 3.05) is 49.3 Å². The van der Waals surface area contributed by atoms with E-state index in [1.807, 2.05) is 43.3 Å². The van der Waals surface area contributed by atoms with Crippen LogP contribution in [0, 0.1) is 5.41 Å². The van der Waals surface area contributed by atoms with Crippen molar-refractivity contribution in [1.82, 2.24) is 4.90 Å². The first kappa shape index (κ1) is 28.1. The van der Waals surface area contributed by atoms with Gasteiger partial charge in [0.2, 0.25) is 0 Å². The average Bonchev–Trinajstić information content (AvgIpc) is 3.40. The number of nitrogens with zero attached hydrogens (tertiary/aromatic N) is 3. The van der Waals surface area contributed by atoms with Gasteiger partial charge in [0.05, 0.1) is 33.4 Å². The molecule has 9 heteroatoms. The average molecular weight is 575 g/mol. The van der Waals surface area contributed by atoms with Gasteiger partial charge in [0.1, 0.15) is 5.75 Å². The number of ether oxygens (including phenoxy) is 1. The molecule has 0 bridgehead atoms. The number of amides is 1. The Kier molecular flexibility index (Phi) is 8.89. The van der Waals surface area contributed by atoms with Crippen molar-refractivity contribution in [3.63, 3.8) is 0 Å². The van der Waals surface area contributed by atoms with Crippen LogP contribution < -0.4 is 14.7 Å². The molecule has 0 radical (unpaired) electrons. The molecule has 2 heterocycles. The van der Waals surface area contributed by atoms with E-state index >= 15 is 0 Å². The quantitative estimate of drug-likeness (QED) is 0.328. The fraction of sp³-hybridized carbons (Fsp3) is 0.533. The highest BCUT2D eigenvalue weighted by molar-refractivity contribution is 6.43. The van der Waals surface area contributed by atoms with Crippen LogP contribution in [0.15, 0.2) is 36.4 Å². The van der Waals surface area contributed by atoms with Gasteiger partial charge in [-0.2, -0.15) is 0 Å². The molecule has 0 unspecified atom stereocenters. The molecule has 5 rings (SSSR count). The molecular weight excluding hydrogens is 537 g/mol. The summed E-state index contributed by atoms with van der Waals surface area (Å²) in [4.78, 5) is 36.1.